The van der Waals surface area contributed by atoms with E-state index >= 15 is 0 Å². The number of carbonyl (C=O) groups is 1. The van der Waals surface area contributed by atoms with Crippen molar-refractivity contribution >= 4 is 22.8 Å². The zero-order valence-corrected chi connectivity index (χ0v) is 17.7. The Labute approximate surface area is 176 Å². The number of fused-ring (bicyclic) bond motifs is 1. The summed E-state index contributed by atoms with van der Waals surface area (Å²) >= 11 is 0. The van der Waals surface area contributed by atoms with Crippen LogP contribution in [0.1, 0.15) is 37.7 Å². The van der Waals surface area contributed by atoms with Gasteiger partial charge in [0, 0.05) is 38.5 Å². The zero-order valence-electron chi connectivity index (χ0n) is 17.7. The van der Waals surface area contributed by atoms with Gasteiger partial charge in [0.2, 0.25) is 5.91 Å². The van der Waals surface area contributed by atoms with Crippen LogP contribution in [0.4, 0.5) is 5.82 Å². The molecular formula is C23H28N6O. The predicted octanol–water partition coefficient (Wildman–Crippen LogP) is 3.14. The Kier molecular flexibility index (Phi) is 4.89. The van der Waals surface area contributed by atoms with E-state index in [9.17, 15) is 4.79 Å². The number of benzene rings is 1. The smallest absolute Gasteiger partial charge is 0.225 e. The summed E-state index contributed by atoms with van der Waals surface area (Å²) in [7, 11) is 0. The molecular weight excluding hydrogens is 376 g/mol. The van der Waals surface area contributed by atoms with E-state index in [0.29, 0.717) is 5.91 Å². The van der Waals surface area contributed by atoms with Gasteiger partial charge in [0.05, 0.1) is 16.8 Å². The highest BCUT2D eigenvalue weighted by Gasteiger charge is 2.34. The molecule has 0 radical (unpaired) electrons. The van der Waals surface area contributed by atoms with Crippen molar-refractivity contribution in [2.45, 2.75) is 39.5 Å². The van der Waals surface area contributed by atoms with E-state index in [1.807, 2.05) is 41.9 Å². The molecule has 2 aromatic heterocycles. The van der Waals surface area contributed by atoms with Crippen molar-refractivity contribution in [3.8, 4) is 5.69 Å². The molecule has 0 spiro atoms. The Balaban J connectivity index is 1.54. The number of nitrogens with zero attached hydrogens (tertiary/aromatic N) is 6. The summed E-state index contributed by atoms with van der Waals surface area (Å²) in [4.78, 5) is 26.7. The molecule has 3 aromatic rings. The molecule has 0 unspecified atom stereocenters. The van der Waals surface area contributed by atoms with E-state index in [1.54, 1.807) is 0 Å². The van der Waals surface area contributed by atoms with Crippen LogP contribution in [0.15, 0.2) is 30.3 Å². The number of hydrogen-bond acceptors (Lipinski definition) is 5. The van der Waals surface area contributed by atoms with Gasteiger partial charge in [-0.15, -0.1) is 0 Å². The normalized spacial score (nSPS) is 17.4. The van der Waals surface area contributed by atoms with Crippen LogP contribution in [-0.2, 0) is 11.2 Å². The number of para-hydroxylation sites is 1. The van der Waals surface area contributed by atoms with E-state index < -0.39 is 0 Å². The molecule has 0 bridgehead atoms. The van der Waals surface area contributed by atoms with E-state index in [0.717, 1.165) is 85.9 Å². The third-order valence-corrected chi connectivity index (χ3v) is 6.08. The summed E-state index contributed by atoms with van der Waals surface area (Å²) < 4.78 is 1.93. The lowest BCUT2D eigenvalue weighted by atomic mass is 10.2. The molecule has 5 rings (SSSR count). The van der Waals surface area contributed by atoms with Gasteiger partial charge in [-0.05, 0) is 38.3 Å². The Morgan fingerprint density at radius 3 is 2.60 bits per heavy atom. The molecule has 1 saturated heterocycles. The highest BCUT2D eigenvalue weighted by atomic mass is 16.2. The van der Waals surface area contributed by atoms with Gasteiger partial charge in [0.25, 0.3) is 0 Å². The van der Waals surface area contributed by atoms with Gasteiger partial charge in [-0.3, -0.25) is 4.79 Å². The van der Waals surface area contributed by atoms with Crippen molar-refractivity contribution in [2.75, 3.05) is 31.1 Å². The molecule has 156 valence electrons. The Morgan fingerprint density at radius 1 is 1.07 bits per heavy atom. The third kappa shape index (κ3) is 3.42. The largest absolute Gasteiger partial charge is 0.354 e. The van der Waals surface area contributed by atoms with Crippen LogP contribution in [0.3, 0.4) is 0 Å². The number of anilines is 1. The highest BCUT2D eigenvalue weighted by molar-refractivity contribution is 5.91. The molecule has 2 aliphatic rings. The van der Waals surface area contributed by atoms with Gasteiger partial charge in [-0.2, -0.15) is 5.10 Å². The van der Waals surface area contributed by atoms with Crippen LogP contribution in [0.2, 0.25) is 0 Å². The van der Waals surface area contributed by atoms with Gasteiger partial charge in [0.15, 0.2) is 5.65 Å². The molecule has 7 heteroatoms. The predicted molar refractivity (Wildman–Crippen MR) is 117 cm³/mol. The second-order valence-corrected chi connectivity index (χ2v) is 8.29. The number of aromatic nitrogens is 4. The first-order valence-electron chi connectivity index (χ1n) is 11.0. The molecule has 30 heavy (non-hydrogen) atoms. The summed E-state index contributed by atoms with van der Waals surface area (Å²) in [5, 5.41) is 5.82. The van der Waals surface area contributed by atoms with Crippen LogP contribution >= 0.6 is 0 Å². The minimum absolute atomic E-state index is 0.278. The number of aryl methyl sites for hydroxylation is 2. The minimum Gasteiger partial charge on any atom is -0.354 e. The molecule has 1 saturated carbocycles. The topological polar surface area (TPSA) is 67.2 Å². The second-order valence-electron chi connectivity index (χ2n) is 8.29. The summed E-state index contributed by atoms with van der Waals surface area (Å²) in [5.41, 5.74) is 2.79. The number of hydrogen-bond donors (Lipinski definition) is 0. The fraction of sp³-hybridized carbons (Fsp3) is 0.478. The number of rotatable bonds is 4. The molecule has 0 N–H and O–H groups in total. The fourth-order valence-electron chi connectivity index (χ4n) is 4.28. The first-order valence-corrected chi connectivity index (χ1v) is 11.0. The van der Waals surface area contributed by atoms with Gasteiger partial charge < -0.3 is 9.80 Å². The number of carbonyl (C=O) groups excluding carboxylic acids is 1. The van der Waals surface area contributed by atoms with Gasteiger partial charge in [-0.25, -0.2) is 14.6 Å². The summed E-state index contributed by atoms with van der Waals surface area (Å²) in [6.45, 7) is 7.39. The quantitative estimate of drug-likeness (QED) is 0.668. The van der Waals surface area contributed by atoms with Crippen molar-refractivity contribution in [1.82, 2.24) is 24.6 Å². The maximum Gasteiger partial charge on any atom is 0.225 e. The van der Waals surface area contributed by atoms with Crippen LogP contribution < -0.4 is 4.90 Å². The molecule has 1 amide bonds. The second kappa shape index (κ2) is 7.70. The average Bonchev–Trinajstić information content (AvgIpc) is 3.60. The summed E-state index contributed by atoms with van der Waals surface area (Å²) in [6, 6.07) is 10.1. The summed E-state index contributed by atoms with van der Waals surface area (Å²) in [6.07, 6.45) is 3.84. The SMILES string of the molecule is CCc1nc(N2CCCN(C(=O)C3CC3)CC2)c2c(C)nn(-c3ccccc3)c2n1. The van der Waals surface area contributed by atoms with Gasteiger partial charge in [-0.1, -0.05) is 25.1 Å². The Morgan fingerprint density at radius 2 is 1.87 bits per heavy atom. The molecule has 1 aromatic carbocycles. The van der Waals surface area contributed by atoms with Crippen molar-refractivity contribution in [1.29, 1.82) is 0 Å². The Hall–Kier alpha value is -2.96. The minimum atomic E-state index is 0.278. The van der Waals surface area contributed by atoms with Crippen molar-refractivity contribution in [2.24, 2.45) is 5.92 Å². The first-order chi connectivity index (χ1) is 14.7. The van der Waals surface area contributed by atoms with E-state index in [1.165, 1.54) is 0 Å². The highest BCUT2D eigenvalue weighted by Crippen LogP contribution is 2.32. The lowest BCUT2D eigenvalue weighted by Crippen LogP contribution is -2.36. The van der Waals surface area contributed by atoms with Crippen molar-refractivity contribution in [3.05, 3.63) is 41.9 Å². The lowest BCUT2D eigenvalue weighted by Gasteiger charge is -2.24. The standard InChI is InChI=1S/C23H28N6O/c1-3-19-24-21(27-12-7-13-28(15-14-27)23(30)17-10-11-17)20-16(2)26-29(22(20)25-19)18-8-5-4-6-9-18/h4-6,8-9,17H,3,7,10-15H2,1-2H3. The van der Waals surface area contributed by atoms with Gasteiger partial charge in [0.1, 0.15) is 11.6 Å². The maximum absolute atomic E-state index is 12.6. The van der Waals surface area contributed by atoms with E-state index in [2.05, 4.69) is 16.7 Å². The van der Waals surface area contributed by atoms with Crippen LogP contribution in [0.25, 0.3) is 16.7 Å². The molecule has 3 heterocycles. The Bertz CT molecular complexity index is 1070. The molecule has 1 aliphatic carbocycles. The molecule has 2 fully saturated rings. The van der Waals surface area contributed by atoms with Crippen molar-refractivity contribution < 1.29 is 4.79 Å². The zero-order chi connectivity index (χ0) is 20.7. The monoisotopic (exact) mass is 404 g/mol. The fourth-order valence-corrected chi connectivity index (χ4v) is 4.28. The van der Waals surface area contributed by atoms with Gasteiger partial charge >= 0.3 is 0 Å². The molecule has 1 aliphatic heterocycles. The van der Waals surface area contributed by atoms with Crippen LogP contribution in [0, 0.1) is 12.8 Å². The van der Waals surface area contributed by atoms with E-state index in [4.69, 9.17) is 15.1 Å². The van der Waals surface area contributed by atoms with Crippen LogP contribution in [0.5, 0.6) is 0 Å². The van der Waals surface area contributed by atoms with E-state index in [-0.39, 0.29) is 5.92 Å². The average molecular weight is 405 g/mol. The molecule has 0 atom stereocenters. The lowest BCUT2D eigenvalue weighted by molar-refractivity contribution is -0.132. The van der Waals surface area contributed by atoms with Crippen LogP contribution in [-0.4, -0.2) is 56.7 Å². The summed E-state index contributed by atoms with van der Waals surface area (Å²) in [5.74, 6) is 2.40. The third-order valence-electron chi connectivity index (χ3n) is 6.08. The number of amides is 1. The first kappa shape index (κ1) is 19.0. The maximum atomic E-state index is 12.6. The van der Waals surface area contributed by atoms with Crippen molar-refractivity contribution in [3.63, 3.8) is 0 Å². The molecule has 7 nitrogen and oxygen atoms in total.